The first-order chi connectivity index (χ1) is 14.3. The van der Waals surface area contributed by atoms with Crippen LogP contribution in [0.25, 0.3) is 0 Å². The van der Waals surface area contributed by atoms with Crippen LogP contribution >= 0.6 is 0 Å². The molecule has 4 atom stereocenters. The van der Waals surface area contributed by atoms with E-state index in [1.165, 1.54) is 5.56 Å². The van der Waals surface area contributed by atoms with Crippen molar-refractivity contribution in [1.29, 1.82) is 0 Å². The molecule has 0 aliphatic rings. The van der Waals surface area contributed by atoms with Crippen LogP contribution in [0.5, 0.6) is 0 Å². The van der Waals surface area contributed by atoms with Crippen molar-refractivity contribution in [2.45, 2.75) is 90.3 Å². The molecule has 6 nitrogen and oxygen atoms in total. The Bertz CT molecular complexity index is 575. The Balaban J connectivity index is 2.80. The number of ether oxygens (including phenoxy) is 1. The third kappa shape index (κ3) is 10.1. The van der Waals surface area contributed by atoms with E-state index in [1.807, 2.05) is 12.1 Å². The number of carbonyl (C=O) groups excluding carboxylic acids is 1. The maximum absolute atomic E-state index is 11.5. The number of benzene rings is 1. The molecule has 0 spiro atoms. The van der Waals surface area contributed by atoms with Crippen molar-refractivity contribution in [3.05, 3.63) is 35.4 Å². The maximum Gasteiger partial charge on any atom is 0.151 e. The van der Waals surface area contributed by atoms with Gasteiger partial charge in [-0.3, -0.25) is 0 Å². The molecule has 1 aromatic rings. The standard InChI is InChI=1S/C24H41NO5/c1-17(2)14-19-9-11-20(12-10-19)22(8-6-5-7-13-25-18(3)4)30-23(16-27)24(29)21(28)15-26/h9-12,16-18,21-26,28-29H,5-8,13-15H2,1-4H3/t21-,22?,23+,24-/m1/s1. The smallest absolute Gasteiger partial charge is 0.151 e. The summed E-state index contributed by atoms with van der Waals surface area (Å²) in [5.74, 6) is 0.567. The molecule has 0 heterocycles. The van der Waals surface area contributed by atoms with Crippen molar-refractivity contribution in [3.63, 3.8) is 0 Å². The van der Waals surface area contributed by atoms with Gasteiger partial charge in [0.15, 0.2) is 6.29 Å². The fourth-order valence-corrected chi connectivity index (χ4v) is 3.38. The Morgan fingerprint density at radius 2 is 1.70 bits per heavy atom. The van der Waals surface area contributed by atoms with Crippen LogP contribution < -0.4 is 5.32 Å². The SMILES string of the molecule is CC(C)Cc1ccc(C(CCCCCNC(C)C)O[C@@H](C=O)[C@H](O)[C@H](O)CO)cc1. The third-order valence-corrected chi connectivity index (χ3v) is 5.06. The Hall–Kier alpha value is -1.31. The Morgan fingerprint density at radius 1 is 1.03 bits per heavy atom. The molecule has 0 aromatic heterocycles. The second kappa shape index (κ2) is 14.7. The highest BCUT2D eigenvalue weighted by Gasteiger charge is 2.29. The van der Waals surface area contributed by atoms with Crippen molar-refractivity contribution < 1.29 is 24.9 Å². The number of hydrogen-bond donors (Lipinski definition) is 4. The summed E-state index contributed by atoms with van der Waals surface area (Å²) in [5.41, 5.74) is 2.19. The molecule has 4 N–H and O–H groups in total. The van der Waals surface area contributed by atoms with Crippen LogP contribution in [0.2, 0.25) is 0 Å². The van der Waals surface area contributed by atoms with Gasteiger partial charge in [0.05, 0.1) is 12.7 Å². The van der Waals surface area contributed by atoms with Crippen LogP contribution in [0.4, 0.5) is 0 Å². The summed E-state index contributed by atoms with van der Waals surface area (Å²) in [7, 11) is 0. The van der Waals surface area contributed by atoms with Gasteiger partial charge in [-0.2, -0.15) is 0 Å². The van der Waals surface area contributed by atoms with E-state index in [0.717, 1.165) is 37.8 Å². The van der Waals surface area contributed by atoms with Gasteiger partial charge in [-0.15, -0.1) is 0 Å². The van der Waals surface area contributed by atoms with E-state index in [4.69, 9.17) is 9.84 Å². The quantitative estimate of drug-likeness (QED) is 0.241. The molecule has 0 aliphatic carbocycles. The van der Waals surface area contributed by atoms with Crippen molar-refractivity contribution in [1.82, 2.24) is 5.32 Å². The van der Waals surface area contributed by atoms with Gasteiger partial charge < -0.3 is 30.2 Å². The summed E-state index contributed by atoms with van der Waals surface area (Å²) in [6, 6.07) is 8.65. The minimum Gasteiger partial charge on any atom is -0.394 e. The molecule has 172 valence electrons. The zero-order chi connectivity index (χ0) is 22.5. The van der Waals surface area contributed by atoms with Gasteiger partial charge in [-0.05, 0) is 42.9 Å². The molecule has 0 bridgehead atoms. The van der Waals surface area contributed by atoms with Gasteiger partial charge in [0.1, 0.15) is 18.3 Å². The zero-order valence-electron chi connectivity index (χ0n) is 19.0. The van der Waals surface area contributed by atoms with E-state index in [0.29, 0.717) is 24.7 Å². The third-order valence-electron chi connectivity index (χ3n) is 5.06. The van der Waals surface area contributed by atoms with Crippen LogP contribution in [0.3, 0.4) is 0 Å². The van der Waals surface area contributed by atoms with Gasteiger partial charge in [-0.25, -0.2) is 0 Å². The highest BCUT2D eigenvalue weighted by atomic mass is 16.5. The molecule has 0 fully saturated rings. The Morgan fingerprint density at radius 3 is 2.23 bits per heavy atom. The minimum atomic E-state index is -1.47. The maximum atomic E-state index is 11.5. The minimum absolute atomic E-state index is 0.369. The lowest BCUT2D eigenvalue weighted by Crippen LogP contribution is -2.42. The van der Waals surface area contributed by atoms with Gasteiger partial charge >= 0.3 is 0 Å². The highest BCUT2D eigenvalue weighted by Crippen LogP contribution is 2.27. The largest absolute Gasteiger partial charge is 0.394 e. The number of aliphatic hydroxyl groups excluding tert-OH is 3. The number of rotatable bonds is 16. The van der Waals surface area contributed by atoms with E-state index >= 15 is 0 Å². The first kappa shape index (κ1) is 26.7. The molecule has 0 saturated carbocycles. The molecule has 6 heteroatoms. The summed E-state index contributed by atoms with van der Waals surface area (Å²) < 4.78 is 5.93. The number of hydrogen-bond acceptors (Lipinski definition) is 6. The molecule has 1 aromatic carbocycles. The van der Waals surface area contributed by atoms with Gasteiger partial charge in [-0.1, -0.05) is 64.8 Å². The summed E-state index contributed by atoms with van der Waals surface area (Å²) in [4.78, 5) is 11.5. The lowest BCUT2D eigenvalue weighted by atomic mass is 9.97. The normalized spacial score (nSPS) is 15.9. The first-order valence-electron chi connectivity index (χ1n) is 11.2. The topological polar surface area (TPSA) is 99.0 Å². The van der Waals surface area contributed by atoms with E-state index in [2.05, 4.69) is 45.1 Å². The number of nitrogens with one attached hydrogen (secondary N) is 1. The van der Waals surface area contributed by atoms with Gasteiger partial charge in [0.2, 0.25) is 0 Å². The molecular weight excluding hydrogens is 382 g/mol. The van der Waals surface area contributed by atoms with Gasteiger partial charge in [0, 0.05) is 6.04 Å². The molecule has 0 radical (unpaired) electrons. The predicted molar refractivity (Wildman–Crippen MR) is 119 cm³/mol. The van der Waals surface area contributed by atoms with Crippen LogP contribution in [0.1, 0.15) is 70.6 Å². The molecule has 0 saturated heterocycles. The molecule has 0 amide bonds. The van der Waals surface area contributed by atoms with Crippen molar-refractivity contribution >= 4 is 6.29 Å². The van der Waals surface area contributed by atoms with Crippen LogP contribution in [-0.2, 0) is 16.0 Å². The van der Waals surface area contributed by atoms with Crippen molar-refractivity contribution in [2.75, 3.05) is 13.2 Å². The fraction of sp³-hybridized carbons (Fsp3) is 0.708. The number of aliphatic hydroxyl groups is 3. The monoisotopic (exact) mass is 423 g/mol. The second-order valence-corrected chi connectivity index (χ2v) is 8.76. The van der Waals surface area contributed by atoms with E-state index < -0.39 is 24.9 Å². The van der Waals surface area contributed by atoms with E-state index in [9.17, 15) is 15.0 Å². The lowest BCUT2D eigenvalue weighted by Gasteiger charge is -2.27. The number of carbonyl (C=O) groups is 1. The number of aldehydes is 1. The highest BCUT2D eigenvalue weighted by molar-refractivity contribution is 5.57. The van der Waals surface area contributed by atoms with E-state index in [1.54, 1.807) is 0 Å². The summed E-state index contributed by atoms with van der Waals surface area (Å²) >= 11 is 0. The zero-order valence-corrected chi connectivity index (χ0v) is 19.0. The fourth-order valence-electron chi connectivity index (χ4n) is 3.38. The molecule has 30 heavy (non-hydrogen) atoms. The molecule has 1 rings (SSSR count). The average molecular weight is 424 g/mol. The Labute approximate surface area is 181 Å². The molecule has 0 aliphatic heterocycles. The molecular formula is C24H41NO5. The first-order valence-corrected chi connectivity index (χ1v) is 11.2. The van der Waals surface area contributed by atoms with Gasteiger partial charge in [0.25, 0.3) is 0 Å². The van der Waals surface area contributed by atoms with E-state index in [-0.39, 0.29) is 6.10 Å². The lowest BCUT2D eigenvalue weighted by molar-refractivity contribution is -0.146. The summed E-state index contributed by atoms with van der Waals surface area (Å²) in [6.45, 7) is 8.93. The number of unbranched alkanes of at least 4 members (excludes halogenated alkanes) is 2. The van der Waals surface area contributed by atoms with Crippen molar-refractivity contribution in [2.24, 2.45) is 5.92 Å². The van der Waals surface area contributed by atoms with Crippen LogP contribution in [0, 0.1) is 5.92 Å². The predicted octanol–water partition coefficient (Wildman–Crippen LogP) is 2.78. The Kier molecular flexibility index (Phi) is 13.1. The average Bonchev–Trinajstić information content (AvgIpc) is 2.71. The van der Waals surface area contributed by atoms with Crippen LogP contribution in [0.15, 0.2) is 24.3 Å². The van der Waals surface area contributed by atoms with Crippen LogP contribution in [-0.4, -0.2) is 59.1 Å². The summed E-state index contributed by atoms with van der Waals surface area (Å²) in [6.07, 6.45) is 0.743. The molecule has 1 unspecified atom stereocenters. The second-order valence-electron chi connectivity index (χ2n) is 8.76. The van der Waals surface area contributed by atoms with Crippen molar-refractivity contribution in [3.8, 4) is 0 Å². The summed E-state index contributed by atoms with van der Waals surface area (Å²) in [5, 5.41) is 32.3.